The van der Waals surface area contributed by atoms with Crippen molar-refractivity contribution in [3.8, 4) is 0 Å². The monoisotopic (exact) mass is 292 g/mol. The van der Waals surface area contributed by atoms with Gasteiger partial charge in [-0.25, -0.2) is 5.84 Å². The number of nitrogens with one attached hydrogen (secondary N) is 1. The zero-order chi connectivity index (χ0) is 14.7. The Kier molecular flexibility index (Phi) is 4.35. The van der Waals surface area contributed by atoms with Gasteiger partial charge in [-0.1, -0.05) is 6.92 Å². The Bertz CT molecular complexity index is 465. The van der Waals surface area contributed by atoms with E-state index < -0.39 is 0 Å². The number of anilines is 3. The van der Waals surface area contributed by atoms with Gasteiger partial charge in [-0.3, -0.25) is 5.43 Å². The Labute approximate surface area is 125 Å². The quantitative estimate of drug-likeness (QED) is 0.588. The molecular weight excluding hydrogens is 268 g/mol. The summed E-state index contributed by atoms with van der Waals surface area (Å²) in [5.74, 6) is 7.43. The van der Waals surface area contributed by atoms with Crippen LogP contribution < -0.4 is 21.1 Å². The summed E-state index contributed by atoms with van der Waals surface area (Å²) >= 11 is 0. The molecule has 2 saturated heterocycles. The van der Waals surface area contributed by atoms with Crippen LogP contribution in [0.3, 0.4) is 0 Å². The summed E-state index contributed by atoms with van der Waals surface area (Å²) in [5, 5.41) is 0. The van der Waals surface area contributed by atoms with E-state index in [2.05, 4.69) is 42.0 Å². The first-order valence-electron chi connectivity index (χ1n) is 7.75. The second-order valence-corrected chi connectivity index (χ2v) is 5.52. The van der Waals surface area contributed by atoms with Crippen LogP contribution in [-0.4, -0.2) is 65.7 Å². The summed E-state index contributed by atoms with van der Waals surface area (Å²) in [6, 6.07) is 0. The number of nitrogens with two attached hydrogens (primary N) is 1. The van der Waals surface area contributed by atoms with E-state index in [1.54, 1.807) is 0 Å². The van der Waals surface area contributed by atoms with Crippen LogP contribution in [0, 0.1) is 0 Å². The fourth-order valence-electron chi connectivity index (χ4n) is 2.88. The summed E-state index contributed by atoms with van der Waals surface area (Å²) in [5.41, 5.74) is 2.56. The van der Waals surface area contributed by atoms with Gasteiger partial charge in [0, 0.05) is 39.3 Å². The van der Waals surface area contributed by atoms with Crippen LogP contribution in [0.15, 0.2) is 0 Å². The van der Waals surface area contributed by atoms with Crippen molar-refractivity contribution in [3.05, 3.63) is 0 Å². The molecule has 2 aliphatic rings. The topological polar surface area (TPSA) is 86.4 Å². The number of rotatable bonds is 4. The molecule has 1 aromatic heterocycles. The first kappa shape index (κ1) is 14.3. The van der Waals surface area contributed by atoms with Crippen LogP contribution in [0.25, 0.3) is 0 Å². The van der Waals surface area contributed by atoms with Crippen molar-refractivity contribution in [2.45, 2.75) is 19.8 Å². The van der Waals surface area contributed by atoms with Gasteiger partial charge >= 0.3 is 0 Å². The van der Waals surface area contributed by atoms with Crippen molar-refractivity contribution < 1.29 is 0 Å². The zero-order valence-electron chi connectivity index (χ0n) is 12.6. The number of hydrogen-bond donors (Lipinski definition) is 2. The molecule has 0 aliphatic carbocycles. The Balaban J connectivity index is 1.79. The first-order chi connectivity index (χ1) is 10.3. The number of nitrogens with zero attached hydrogens (tertiary/aromatic N) is 6. The summed E-state index contributed by atoms with van der Waals surface area (Å²) in [6.07, 6.45) is 2.39. The second kappa shape index (κ2) is 6.40. The molecule has 0 radical (unpaired) electrons. The summed E-state index contributed by atoms with van der Waals surface area (Å²) in [4.78, 5) is 20.3. The van der Waals surface area contributed by atoms with Crippen molar-refractivity contribution >= 4 is 17.8 Å². The van der Waals surface area contributed by atoms with Gasteiger partial charge in [0.1, 0.15) is 0 Å². The second-order valence-electron chi connectivity index (χ2n) is 5.52. The molecule has 2 fully saturated rings. The Morgan fingerprint density at radius 3 is 2.00 bits per heavy atom. The van der Waals surface area contributed by atoms with Crippen LogP contribution in [0.5, 0.6) is 0 Å². The molecule has 0 spiro atoms. The maximum atomic E-state index is 5.51. The molecule has 116 valence electrons. The van der Waals surface area contributed by atoms with Gasteiger partial charge in [0.25, 0.3) is 0 Å². The SMILES string of the molecule is CCN1CCN(c2nc(NN)nc(N3CCCC3)n2)CC1. The van der Waals surface area contributed by atoms with E-state index in [-0.39, 0.29) is 0 Å². The molecular formula is C13H24N8. The predicted molar refractivity (Wildman–Crippen MR) is 83.4 cm³/mol. The number of piperazine rings is 1. The van der Waals surface area contributed by atoms with Gasteiger partial charge in [0.2, 0.25) is 17.8 Å². The normalized spacial score (nSPS) is 20.1. The molecule has 0 bridgehead atoms. The molecule has 3 heterocycles. The molecule has 1 aromatic rings. The number of aromatic nitrogens is 3. The lowest BCUT2D eigenvalue weighted by molar-refractivity contribution is 0.270. The molecule has 3 rings (SSSR count). The number of likely N-dealkylation sites (N-methyl/N-ethyl adjacent to an activating group) is 1. The van der Waals surface area contributed by atoms with Crippen molar-refractivity contribution in [1.29, 1.82) is 0 Å². The number of hydrogen-bond acceptors (Lipinski definition) is 8. The highest BCUT2D eigenvalue weighted by molar-refractivity contribution is 5.45. The van der Waals surface area contributed by atoms with Crippen molar-refractivity contribution in [2.75, 3.05) is 61.0 Å². The minimum Gasteiger partial charge on any atom is -0.341 e. The summed E-state index contributed by atoms with van der Waals surface area (Å²) in [7, 11) is 0. The molecule has 0 unspecified atom stereocenters. The lowest BCUT2D eigenvalue weighted by Crippen LogP contribution is -2.47. The van der Waals surface area contributed by atoms with Gasteiger partial charge in [-0.2, -0.15) is 15.0 Å². The first-order valence-corrected chi connectivity index (χ1v) is 7.75. The van der Waals surface area contributed by atoms with Gasteiger partial charge in [-0.15, -0.1) is 0 Å². The third-order valence-electron chi connectivity index (χ3n) is 4.23. The van der Waals surface area contributed by atoms with Crippen molar-refractivity contribution in [1.82, 2.24) is 19.9 Å². The standard InChI is InChI=1S/C13H24N8/c1-2-19-7-9-21(10-8-19)13-16-11(18-14)15-12(17-13)20-5-3-4-6-20/h2-10,14H2,1H3,(H,15,16,17,18). The molecule has 8 heteroatoms. The summed E-state index contributed by atoms with van der Waals surface area (Å²) < 4.78 is 0. The molecule has 3 N–H and O–H groups in total. The summed E-state index contributed by atoms with van der Waals surface area (Å²) in [6.45, 7) is 9.30. The average Bonchev–Trinajstić information content (AvgIpc) is 3.09. The fraction of sp³-hybridized carbons (Fsp3) is 0.769. The largest absolute Gasteiger partial charge is 0.341 e. The molecule has 0 saturated carbocycles. The van der Waals surface area contributed by atoms with Crippen LogP contribution in [-0.2, 0) is 0 Å². The zero-order valence-corrected chi connectivity index (χ0v) is 12.6. The van der Waals surface area contributed by atoms with E-state index in [1.807, 2.05) is 0 Å². The highest BCUT2D eigenvalue weighted by atomic mass is 15.4. The highest BCUT2D eigenvalue weighted by Gasteiger charge is 2.22. The van der Waals surface area contributed by atoms with E-state index in [4.69, 9.17) is 5.84 Å². The maximum absolute atomic E-state index is 5.51. The smallest absolute Gasteiger partial charge is 0.243 e. The number of hydrazine groups is 1. The third kappa shape index (κ3) is 3.16. The maximum Gasteiger partial charge on any atom is 0.243 e. The Morgan fingerprint density at radius 2 is 1.48 bits per heavy atom. The molecule has 0 aromatic carbocycles. The van der Waals surface area contributed by atoms with E-state index in [1.165, 1.54) is 12.8 Å². The highest BCUT2D eigenvalue weighted by Crippen LogP contribution is 2.20. The lowest BCUT2D eigenvalue weighted by Gasteiger charge is -2.34. The van der Waals surface area contributed by atoms with Crippen LogP contribution in [0.1, 0.15) is 19.8 Å². The minimum absolute atomic E-state index is 0.444. The molecule has 0 amide bonds. The van der Waals surface area contributed by atoms with Gasteiger partial charge in [0.05, 0.1) is 0 Å². The lowest BCUT2D eigenvalue weighted by atomic mass is 10.3. The third-order valence-corrected chi connectivity index (χ3v) is 4.23. The fourth-order valence-corrected chi connectivity index (χ4v) is 2.88. The van der Waals surface area contributed by atoms with Crippen molar-refractivity contribution in [2.24, 2.45) is 5.84 Å². The van der Waals surface area contributed by atoms with E-state index in [0.29, 0.717) is 5.95 Å². The average molecular weight is 292 g/mol. The van der Waals surface area contributed by atoms with Crippen LogP contribution >= 0.6 is 0 Å². The molecule has 8 nitrogen and oxygen atoms in total. The van der Waals surface area contributed by atoms with Crippen LogP contribution in [0.4, 0.5) is 17.8 Å². The van der Waals surface area contributed by atoms with Crippen LogP contribution in [0.2, 0.25) is 0 Å². The number of nitrogen functional groups attached to an aromatic ring is 1. The molecule has 2 aliphatic heterocycles. The van der Waals surface area contributed by atoms with Gasteiger partial charge in [-0.05, 0) is 19.4 Å². The Morgan fingerprint density at radius 1 is 0.905 bits per heavy atom. The van der Waals surface area contributed by atoms with Gasteiger partial charge in [0.15, 0.2) is 0 Å². The van der Waals surface area contributed by atoms with E-state index in [0.717, 1.165) is 57.7 Å². The van der Waals surface area contributed by atoms with E-state index >= 15 is 0 Å². The van der Waals surface area contributed by atoms with Crippen molar-refractivity contribution in [3.63, 3.8) is 0 Å². The Hall–Kier alpha value is -1.67. The molecule has 21 heavy (non-hydrogen) atoms. The van der Waals surface area contributed by atoms with E-state index in [9.17, 15) is 0 Å². The molecule has 0 atom stereocenters. The van der Waals surface area contributed by atoms with Gasteiger partial charge < -0.3 is 14.7 Å². The minimum atomic E-state index is 0.444. The predicted octanol–water partition coefficient (Wildman–Crippen LogP) is -0.101.